The van der Waals surface area contributed by atoms with Crippen LogP contribution in [0.1, 0.15) is 92.4 Å². The van der Waals surface area contributed by atoms with Gasteiger partial charge in [0, 0.05) is 31.8 Å². The highest BCUT2D eigenvalue weighted by Crippen LogP contribution is 2.73. The van der Waals surface area contributed by atoms with E-state index in [9.17, 15) is 66.4 Å². The van der Waals surface area contributed by atoms with Crippen LogP contribution in [0.4, 0.5) is 0 Å². The monoisotopic (exact) mass is 1060 g/mol. The van der Waals surface area contributed by atoms with E-state index in [1.165, 1.54) is 12.5 Å². The lowest BCUT2D eigenvalue weighted by atomic mass is 9.47. The normalized spacial score (nSPS) is 54.9. The molecule has 5 heterocycles. The van der Waals surface area contributed by atoms with E-state index in [0.717, 1.165) is 25.7 Å². The van der Waals surface area contributed by atoms with Crippen LogP contribution in [0.2, 0.25) is 0 Å². The van der Waals surface area contributed by atoms with E-state index < -0.39 is 154 Å². The highest BCUT2D eigenvalue weighted by Gasteiger charge is 2.74. The summed E-state index contributed by atoms with van der Waals surface area (Å²) >= 11 is 0. The number of methoxy groups -OCH3 is 1. The maximum absolute atomic E-state index is 12.3. The molecule has 0 amide bonds. The van der Waals surface area contributed by atoms with Gasteiger partial charge in [-0.2, -0.15) is 0 Å². The summed E-state index contributed by atoms with van der Waals surface area (Å²) in [4.78, 5) is 0. The molecule has 0 aromatic carbocycles. The summed E-state index contributed by atoms with van der Waals surface area (Å²) in [6.45, 7) is 8.57. The summed E-state index contributed by atoms with van der Waals surface area (Å²) in [5.74, 6) is -2.23. The first kappa shape index (κ1) is 57.5. The van der Waals surface area contributed by atoms with Crippen LogP contribution < -0.4 is 0 Å². The van der Waals surface area contributed by atoms with Crippen molar-refractivity contribution in [2.24, 2.45) is 46.3 Å². The molecule has 3 saturated carbocycles. The number of ether oxygens (including phenoxy) is 10. The number of allylic oxidation sites excluding steroid dienone is 1. The minimum absolute atomic E-state index is 0.111. The zero-order valence-electron chi connectivity index (χ0n) is 43.2. The summed E-state index contributed by atoms with van der Waals surface area (Å²) in [5, 5.41) is 138. The van der Waals surface area contributed by atoms with Crippen LogP contribution in [0.15, 0.2) is 11.6 Å². The Morgan fingerprint density at radius 1 is 0.703 bits per heavy atom. The lowest BCUT2D eigenvalue weighted by Crippen LogP contribution is -2.66. The van der Waals surface area contributed by atoms with E-state index >= 15 is 0 Å². The molecule has 9 aliphatic rings. The van der Waals surface area contributed by atoms with Crippen LogP contribution in [-0.4, -0.2) is 234 Å². The Morgan fingerprint density at radius 3 is 2.05 bits per heavy atom. The van der Waals surface area contributed by atoms with Gasteiger partial charge in [-0.1, -0.05) is 39.3 Å². The molecular formula is C51H84O23. The van der Waals surface area contributed by atoms with Gasteiger partial charge in [-0.25, -0.2) is 0 Å². The average molecular weight is 1070 g/mol. The molecule has 23 heteroatoms. The third-order valence-corrected chi connectivity index (χ3v) is 19.5. The smallest absolute Gasteiger partial charge is 0.187 e. The van der Waals surface area contributed by atoms with E-state index in [-0.39, 0.29) is 41.1 Å². The molecule has 30 atom stereocenters. The first-order chi connectivity index (χ1) is 34.9. The van der Waals surface area contributed by atoms with Gasteiger partial charge in [0.05, 0.1) is 38.6 Å². The number of hydrogen-bond donors (Lipinski definition) is 13. The Bertz CT molecular complexity index is 1930. The van der Waals surface area contributed by atoms with Crippen molar-refractivity contribution in [2.75, 3.05) is 33.5 Å². The summed E-state index contributed by atoms with van der Waals surface area (Å²) in [7, 11) is 1.66. The summed E-state index contributed by atoms with van der Waals surface area (Å²) in [6.07, 6.45) is -20.5. The van der Waals surface area contributed by atoms with Gasteiger partial charge in [0.1, 0.15) is 85.5 Å². The maximum Gasteiger partial charge on any atom is 0.187 e. The molecule has 8 fully saturated rings. The zero-order valence-corrected chi connectivity index (χ0v) is 43.2. The van der Waals surface area contributed by atoms with Gasteiger partial charge in [-0.3, -0.25) is 0 Å². The van der Waals surface area contributed by atoms with Crippen LogP contribution in [0.25, 0.3) is 0 Å². The second kappa shape index (κ2) is 22.0. The molecule has 0 spiro atoms. The van der Waals surface area contributed by atoms with Crippen LogP contribution in [0, 0.1) is 46.3 Å². The fourth-order valence-corrected chi connectivity index (χ4v) is 15.0. The second-order valence-electron chi connectivity index (χ2n) is 23.8. The summed E-state index contributed by atoms with van der Waals surface area (Å²) in [6, 6.07) is 0. The van der Waals surface area contributed by atoms with Gasteiger partial charge in [0.2, 0.25) is 0 Å². The van der Waals surface area contributed by atoms with Crippen molar-refractivity contribution in [3.05, 3.63) is 11.6 Å². The van der Waals surface area contributed by atoms with Crippen LogP contribution in [0.3, 0.4) is 0 Å². The molecule has 0 aromatic rings. The van der Waals surface area contributed by atoms with Crippen molar-refractivity contribution in [1.82, 2.24) is 0 Å². The lowest BCUT2D eigenvalue weighted by Gasteiger charge is -2.58. The molecule has 0 bridgehead atoms. The molecule has 4 aliphatic carbocycles. The Kier molecular flexibility index (Phi) is 17.1. The molecular weight excluding hydrogens is 981 g/mol. The fourth-order valence-electron chi connectivity index (χ4n) is 15.0. The molecule has 0 radical (unpaired) electrons. The van der Waals surface area contributed by atoms with E-state index in [0.29, 0.717) is 43.9 Å². The number of fused-ring (bicyclic) bond motifs is 7. The van der Waals surface area contributed by atoms with Gasteiger partial charge in [-0.05, 0) is 86.4 Å². The van der Waals surface area contributed by atoms with Gasteiger partial charge in [-0.15, -0.1) is 0 Å². The minimum atomic E-state index is -1.77. The molecule has 23 nitrogen and oxygen atoms in total. The van der Waals surface area contributed by atoms with Crippen molar-refractivity contribution in [1.29, 1.82) is 0 Å². The fraction of sp³-hybridized carbons (Fsp3) is 0.961. The van der Waals surface area contributed by atoms with Crippen molar-refractivity contribution >= 4 is 0 Å². The molecule has 74 heavy (non-hydrogen) atoms. The third kappa shape index (κ3) is 10.00. The quantitative estimate of drug-likeness (QED) is 0.0761. The van der Waals surface area contributed by atoms with Gasteiger partial charge in [0.25, 0.3) is 0 Å². The van der Waals surface area contributed by atoms with E-state index in [1.54, 1.807) is 7.11 Å². The third-order valence-electron chi connectivity index (χ3n) is 19.5. The zero-order chi connectivity index (χ0) is 53.6. The lowest BCUT2D eigenvalue weighted by molar-refractivity contribution is -0.390. The van der Waals surface area contributed by atoms with E-state index in [1.807, 2.05) is 13.8 Å². The van der Waals surface area contributed by atoms with Gasteiger partial charge in [0.15, 0.2) is 36.7 Å². The van der Waals surface area contributed by atoms with Crippen LogP contribution >= 0.6 is 0 Å². The average Bonchev–Trinajstić information content (AvgIpc) is 3.78. The first-order valence-electron chi connectivity index (χ1n) is 26.8. The first-order valence-corrected chi connectivity index (χ1v) is 26.8. The molecule has 13 N–H and O–H groups in total. The molecule has 30 unspecified atom stereocenters. The predicted molar refractivity (Wildman–Crippen MR) is 250 cm³/mol. The molecule has 5 aliphatic heterocycles. The van der Waals surface area contributed by atoms with Crippen LogP contribution in [-0.2, 0) is 47.4 Å². The van der Waals surface area contributed by atoms with Crippen molar-refractivity contribution in [3.8, 4) is 0 Å². The number of rotatable bonds is 15. The number of aliphatic hydroxyl groups excluding tert-OH is 12. The van der Waals surface area contributed by atoms with Crippen molar-refractivity contribution in [2.45, 2.75) is 227 Å². The highest BCUT2D eigenvalue weighted by atomic mass is 16.8. The largest absolute Gasteiger partial charge is 0.394 e. The summed E-state index contributed by atoms with van der Waals surface area (Å²) in [5.41, 5.74) is 0.804. The highest BCUT2D eigenvalue weighted by molar-refractivity contribution is 5.27. The SMILES string of the molecule is COC12CC3C4CC=C5CC(OC6OC(CO)C(O)C(OC7OCC(O)C(O)C7O)C6OC6OC(C)C(O)C(O)C6O)CCC5(C)C4CCC3(C)C1C(C)C(O)(CCC(C)COC1OC(CO)C(O)C(O)C1O)O2. The second-order valence-corrected chi connectivity index (χ2v) is 23.8. The maximum atomic E-state index is 12.3. The molecule has 9 rings (SSSR count). The number of aliphatic hydroxyl groups is 13. The molecule has 0 aromatic heterocycles. The van der Waals surface area contributed by atoms with Gasteiger partial charge < -0.3 is 114 Å². The van der Waals surface area contributed by atoms with Crippen molar-refractivity contribution in [3.63, 3.8) is 0 Å². The van der Waals surface area contributed by atoms with E-state index in [4.69, 9.17) is 47.4 Å². The Morgan fingerprint density at radius 2 is 1.35 bits per heavy atom. The standard InChI is InChI=1S/C51H84O23/c1-21(19-66-44-39(62)37(60)34(57)30(17-52)70-44)9-14-50(64)22(2)43-49(5)13-11-27-26(28(49)16-51(43,65-6)74-50)8-7-24-15-25(10-12-48(24,27)4)69-47-42(73-46-40(63)36(59)32(55)23(3)68-46)41(35(58)31(18-53)71-47)72-45-38(61)33(56)29(54)20-67-45/h7,21-23,25-47,52-64H,8-20H2,1-6H3. The predicted octanol–water partition coefficient (Wildman–Crippen LogP) is -2.39. The number of hydrogen-bond acceptors (Lipinski definition) is 23. The Hall–Kier alpha value is -1.18. The Balaban J connectivity index is 0.878. The molecule has 426 valence electrons. The van der Waals surface area contributed by atoms with E-state index in [2.05, 4.69) is 19.9 Å². The van der Waals surface area contributed by atoms with Gasteiger partial charge >= 0.3 is 0 Å². The minimum Gasteiger partial charge on any atom is -0.394 e. The van der Waals surface area contributed by atoms with Crippen LogP contribution in [0.5, 0.6) is 0 Å². The topological polar surface area (TPSA) is 355 Å². The summed E-state index contributed by atoms with van der Waals surface area (Å²) < 4.78 is 61.2. The Labute approximate surface area is 431 Å². The van der Waals surface area contributed by atoms with Crippen molar-refractivity contribution < 1.29 is 114 Å². The molecule has 5 saturated heterocycles.